The van der Waals surface area contributed by atoms with Crippen LogP contribution in [0.2, 0.25) is 0 Å². The third-order valence-corrected chi connectivity index (χ3v) is 5.31. The third-order valence-electron chi connectivity index (χ3n) is 5.31. The second-order valence-corrected chi connectivity index (χ2v) is 8.19. The van der Waals surface area contributed by atoms with E-state index < -0.39 is 0 Å². The molecule has 2 aromatic heterocycles. The first-order valence-electron chi connectivity index (χ1n) is 12.1. The number of pyridine rings is 1. The summed E-state index contributed by atoms with van der Waals surface area (Å²) < 4.78 is 0. The van der Waals surface area contributed by atoms with Crippen LogP contribution in [0.15, 0.2) is 54.6 Å². The Morgan fingerprint density at radius 1 is 1.03 bits per heavy atom. The van der Waals surface area contributed by atoms with Crippen LogP contribution in [0.25, 0.3) is 23.1 Å². The lowest BCUT2D eigenvalue weighted by Crippen LogP contribution is -1.99. The van der Waals surface area contributed by atoms with Gasteiger partial charge in [0, 0.05) is 42.2 Å². The number of hydrogen-bond donors (Lipinski definition) is 3. The summed E-state index contributed by atoms with van der Waals surface area (Å²) in [5, 5.41) is 14.9. The Morgan fingerprint density at radius 3 is 2.47 bits per heavy atom. The summed E-state index contributed by atoms with van der Waals surface area (Å²) in [6, 6.07) is 17.5. The maximum absolute atomic E-state index is 11.8. The molecule has 0 unspecified atom stereocenters. The van der Waals surface area contributed by atoms with Gasteiger partial charge >= 0.3 is 0 Å². The molecule has 6 nitrogen and oxygen atoms in total. The summed E-state index contributed by atoms with van der Waals surface area (Å²) >= 11 is 0. The van der Waals surface area contributed by atoms with E-state index in [1.807, 2.05) is 80.7 Å². The number of hydrogen-bond acceptors (Lipinski definition) is 5. The van der Waals surface area contributed by atoms with Crippen molar-refractivity contribution in [3.05, 3.63) is 77.1 Å². The van der Waals surface area contributed by atoms with Crippen LogP contribution in [0.5, 0.6) is 0 Å². The first kappa shape index (κ1) is 26.2. The number of anilines is 3. The predicted molar refractivity (Wildman–Crippen MR) is 152 cm³/mol. The molecule has 0 fully saturated rings. The number of nitrogens with one attached hydrogen (secondary N) is 3. The number of ketones is 1. The highest BCUT2D eigenvalue weighted by Crippen LogP contribution is 2.26. The Labute approximate surface area is 213 Å². The molecule has 4 rings (SSSR count). The Hall–Kier alpha value is -4.37. The zero-order valence-corrected chi connectivity index (χ0v) is 21.6. The average molecular weight is 480 g/mol. The van der Waals surface area contributed by atoms with E-state index in [4.69, 9.17) is 0 Å². The van der Waals surface area contributed by atoms with Crippen molar-refractivity contribution in [2.24, 2.45) is 0 Å². The second kappa shape index (κ2) is 12.9. The van der Waals surface area contributed by atoms with Crippen LogP contribution in [-0.4, -0.2) is 28.0 Å². The maximum Gasteiger partial charge on any atom is 0.161 e. The molecule has 0 aliphatic rings. The lowest BCUT2D eigenvalue weighted by molar-refractivity contribution is 0.101. The number of benzene rings is 2. The quantitative estimate of drug-likeness (QED) is 0.201. The minimum absolute atomic E-state index is 0.0272. The van der Waals surface area contributed by atoms with Crippen LogP contribution >= 0.6 is 0 Å². The van der Waals surface area contributed by atoms with Crippen LogP contribution < -0.4 is 10.6 Å². The molecular weight excluding hydrogens is 446 g/mol. The molecule has 0 spiro atoms. The molecule has 4 aromatic rings. The fourth-order valence-electron chi connectivity index (χ4n) is 3.62. The second-order valence-electron chi connectivity index (χ2n) is 8.19. The monoisotopic (exact) mass is 479 g/mol. The van der Waals surface area contributed by atoms with E-state index in [9.17, 15) is 4.79 Å². The largest absolute Gasteiger partial charge is 0.373 e. The Kier molecular flexibility index (Phi) is 9.41. The van der Waals surface area contributed by atoms with Crippen molar-refractivity contribution in [1.82, 2.24) is 15.2 Å². The molecule has 2 aromatic carbocycles. The van der Waals surface area contributed by atoms with Gasteiger partial charge in [0.2, 0.25) is 0 Å². The van der Waals surface area contributed by atoms with Gasteiger partial charge < -0.3 is 10.6 Å². The SMILES string of the molecule is CCC#CCC.CNc1cc(C)cc(/C=C/c2n[nH]c3cc(Nc4ccccc4C(C)=O)ccc23)n1. The first-order chi connectivity index (χ1) is 17.4. The van der Waals surface area contributed by atoms with E-state index >= 15 is 0 Å². The molecule has 0 amide bonds. The molecular formula is C30H33N5O. The first-order valence-corrected chi connectivity index (χ1v) is 12.1. The topological polar surface area (TPSA) is 82.7 Å². The van der Waals surface area contributed by atoms with E-state index in [-0.39, 0.29) is 5.78 Å². The number of nitrogens with zero attached hydrogens (tertiary/aromatic N) is 2. The van der Waals surface area contributed by atoms with Crippen molar-refractivity contribution in [1.29, 1.82) is 0 Å². The summed E-state index contributed by atoms with van der Waals surface area (Å²) in [7, 11) is 1.86. The van der Waals surface area contributed by atoms with Gasteiger partial charge in [-0.15, -0.1) is 11.8 Å². The summed E-state index contributed by atoms with van der Waals surface area (Å²) in [6.45, 7) is 7.73. The van der Waals surface area contributed by atoms with Gasteiger partial charge in [0.15, 0.2) is 5.78 Å². The number of carbonyl (C=O) groups is 1. The number of fused-ring (bicyclic) bond motifs is 1. The molecule has 184 valence electrons. The molecule has 0 radical (unpaired) electrons. The zero-order valence-electron chi connectivity index (χ0n) is 21.6. The average Bonchev–Trinajstić information content (AvgIpc) is 3.28. The zero-order chi connectivity index (χ0) is 25.9. The molecule has 0 saturated carbocycles. The molecule has 0 atom stereocenters. The third kappa shape index (κ3) is 7.07. The maximum atomic E-state index is 11.8. The van der Waals surface area contributed by atoms with E-state index in [2.05, 4.69) is 51.5 Å². The minimum atomic E-state index is 0.0272. The van der Waals surface area contributed by atoms with Crippen LogP contribution in [0.4, 0.5) is 17.2 Å². The summed E-state index contributed by atoms with van der Waals surface area (Å²) in [4.78, 5) is 16.4. The summed E-state index contributed by atoms with van der Waals surface area (Å²) in [5.41, 5.74) is 6.10. The Balaban J connectivity index is 0.000000538. The Morgan fingerprint density at radius 2 is 1.78 bits per heavy atom. The van der Waals surface area contributed by atoms with Crippen molar-refractivity contribution in [2.75, 3.05) is 17.7 Å². The van der Waals surface area contributed by atoms with E-state index in [0.717, 1.165) is 57.9 Å². The van der Waals surface area contributed by atoms with Crippen molar-refractivity contribution in [2.45, 2.75) is 40.5 Å². The highest BCUT2D eigenvalue weighted by molar-refractivity contribution is 6.00. The molecule has 0 aliphatic carbocycles. The van der Waals surface area contributed by atoms with E-state index in [1.165, 1.54) is 0 Å². The summed E-state index contributed by atoms with van der Waals surface area (Å²) in [6.07, 6.45) is 5.90. The van der Waals surface area contributed by atoms with Crippen molar-refractivity contribution in [3.63, 3.8) is 0 Å². The fraction of sp³-hybridized carbons (Fsp3) is 0.233. The number of H-pyrrole nitrogens is 1. The van der Waals surface area contributed by atoms with Crippen LogP contribution in [0.1, 0.15) is 60.9 Å². The van der Waals surface area contributed by atoms with Crippen molar-refractivity contribution < 1.29 is 4.79 Å². The lowest BCUT2D eigenvalue weighted by atomic mass is 10.1. The number of aromatic amines is 1. The van der Waals surface area contributed by atoms with Gasteiger partial charge in [-0.25, -0.2) is 4.98 Å². The van der Waals surface area contributed by atoms with Gasteiger partial charge in [0.25, 0.3) is 0 Å². The number of para-hydroxylation sites is 1. The Bertz CT molecular complexity index is 1410. The van der Waals surface area contributed by atoms with Gasteiger partial charge in [-0.1, -0.05) is 26.0 Å². The summed E-state index contributed by atoms with van der Waals surface area (Å²) in [5.74, 6) is 6.76. The lowest BCUT2D eigenvalue weighted by Gasteiger charge is -2.10. The number of aromatic nitrogens is 3. The number of Topliss-reactive ketones (excluding diaryl/α,β-unsaturated/α-hetero) is 1. The van der Waals surface area contributed by atoms with Gasteiger partial charge in [-0.05, 0) is 74.0 Å². The van der Waals surface area contributed by atoms with Gasteiger partial charge in [0.1, 0.15) is 5.82 Å². The molecule has 0 saturated heterocycles. The van der Waals surface area contributed by atoms with Crippen molar-refractivity contribution >= 4 is 46.0 Å². The minimum Gasteiger partial charge on any atom is -0.373 e. The highest BCUT2D eigenvalue weighted by Gasteiger charge is 2.08. The predicted octanol–water partition coefficient (Wildman–Crippen LogP) is 7.23. The van der Waals surface area contributed by atoms with Crippen LogP contribution in [-0.2, 0) is 0 Å². The molecule has 2 heterocycles. The highest BCUT2D eigenvalue weighted by atomic mass is 16.1. The number of carbonyl (C=O) groups excluding carboxylic acids is 1. The van der Waals surface area contributed by atoms with Crippen molar-refractivity contribution in [3.8, 4) is 11.8 Å². The fourth-order valence-corrected chi connectivity index (χ4v) is 3.62. The van der Waals surface area contributed by atoms with Gasteiger partial charge in [-0.3, -0.25) is 9.89 Å². The van der Waals surface area contributed by atoms with Gasteiger partial charge in [-0.2, -0.15) is 5.10 Å². The van der Waals surface area contributed by atoms with Crippen LogP contribution in [0.3, 0.4) is 0 Å². The number of rotatable bonds is 6. The molecule has 0 bridgehead atoms. The molecule has 0 aliphatic heterocycles. The molecule has 36 heavy (non-hydrogen) atoms. The van der Waals surface area contributed by atoms with Crippen LogP contribution in [0, 0.1) is 18.8 Å². The normalized spacial score (nSPS) is 10.4. The van der Waals surface area contributed by atoms with E-state index in [1.54, 1.807) is 6.92 Å². The van der Waals surface area contributed by atoms with E-state index in [0.29, 0.717) is 5.56 Å². The molecule has 3 N–H and O–H groups in total. The standard InChI is InChI=1S/C24H23N5O.C6H10/c1-15-12-17(27-24(13-15)25-3)9-11-22-20-10-8-18(14-23(20)29-28-22)26-21-7-5-4-6-19(21)16(2)30;1-3-5-6-4-2/h4-14,26H,1-3H3,(H,25,27)(H,28,29);3-4H2,1-2H3/b11-9+;. The number of aryl methyl sites for hydroxylation is 1. The van der Waals surface area contributed by atoms with Gasteiger partial charge in [0.05, 0.1) is 16.9 Å². The smallest absolute Gasteiger partial charge is 0.161 e. The molecule has 6 heteroatoms.